The first-order valence-electron chi connectivity index (χ1n) is 7.94. The molecule has 0 aliphatic heterocycles. The van der Waals surface area contributed by atoms with E-state index in [-0.39, 0.29) is 12.1 Å². The Kier molecular flexibility index (Phi) is 11.7. The molecule has 0 aromatic heterocycles. The Morgan fingerprint density at radius 2 is 1.27 bits per heavy atom. The fourth-order valence-electron chi connectivity index (χ4n) is 1.92. The lowest BCUT2D eigenvalue weighted by Gasteiger charge is -2.19. The molecule has 0 saturated heterocycles. The van der Waals surface area contributed by atoms with Crippen LogP contribution >= 0.6 is 0 Å². The lowest BCUT2D eigenvalue weighted by atomic mass is 10.2. The topological polar surface area (TPSA) is 92.5 Å². The quantitative estimate of drug-likeness (QED) is 0.189. The normalized spacial score (nSPS) is 16.1. The fraction of sp³-hybridized carbons (Fsp3) is 0.867. The van der Waals surface area contributed by atoms with E-state index in [1.54, 1.807) is 13.8 Å². The Morgan fingerprint density at radius 3 is 1.59 bits per heavy atom. The predicted molar refractivity (Wildman–Crippen MR) is 91.5 cm³/mol. The van der Waals surface area contributed by atoms with E-state index in [0.717, 1.165) is 39.0 Å². The van der Waals surface area contributed by atoms with Crippen LogP contribution in [0.4, 0.5) is 0 Å². The Labute approximate surface area is 134 Å². The summed E-state index contributed by atoms with van der Waals surface area (Å²) < 4.78 is 0. The summed E-state index contributed by atoms with van der Waals surface area (Å²) in [7, 11) is 2.12. The van der Waals surface area contributed by atoms with Gasteiger partial charge in [-0.25, -0.2) is 0 Å². The smallest absolute Gasteiger partial charge is 0.0706 e. The van der Waals surface area contributed by atoms with Crippen LogP contribution in [0, 0.1) is 0 Å². The molecule has 7 heteroatoms. The molecule has 2 atom stereocenters. The highest BCUT2D eigenvalue weighted by Gasteiger charge is 2.06. The molecule has 0 heterocycles. The van der Waals surface area contributed by atoms with Crippen molar-refractivity contribution in [3.05, 3.63) is 0 Å². The molecule has 0 bridgehead atoms. The van der Waals surface area contributed by atoms with Gasteiger partial charge in [-0.2, -0.15) is 0 Å². The number of nitrogens with zero attached hydrogens (tertiary/aromatic N) is 3. The van der Waals surface area contributed by atoms with E-state index in [4.69, 9.17) is 10.4 Å². The third-order valence-corrected chi connectivity index (χ3v) is 3.90. The summed E-state index contributed by atoms with van der Waals surface area (Å²) in [6, 6.07) is 0.217. The van der Waals surface area contributed by atoms with Crippen molar-refractivity contribution in [2.24, 2.45) is 10.3 Å². The van der Waals surface area contributed by atoms with Crippen LogP contribution < -0.4 is 10.6 Å². The zero-order valence-corrected chi connectivity index (χ0v) is 14.6. The van der Waals surface area contributed by atoms with Gasteiger partial charge in [0.25, 0.3) is 0 Å². The van der Waals surface area contributed by atoms with Crippen LogP contribution in [0.25, 0.3) is 0 Å². The summed E-state index contributed by atoms with van der Waals surface area (Å²) >= 11 is 0. The van der Waals surface area contributed by atoms with E-state index in [2.05, 4.69) is 32.9 Å². The average Bonchev–Trinajstić information content (AvgIpc) is 2.53. The first-order valence-corrected chi connectivity index (χ1v) is 7.94. The molecule has 0 rings (SSSR count). The number of oxime groups is 2. The fourth-order valence-corrected chi connectivity index (χ4v) is 1.92. The van der Waals surface area contributed by atoms with Crippen molar-refractivity contribution >= 4 is 11.4 Å². The van der Waals surface area contributed by atoms with Crippen molar-refractivity contribution < 1.29 is 10.4 Å². The summed E-state index contributed by atoms with van der Waals surface area (Å²) in [5, 5.41) is 30.4. The number of nitrogens with one attached hydrogen (secondary N) is 2. The summed E-state index contributed by atoms with van der Waals surface area (Å²) in [6.07, 6.45) is 2.11. The van der Waals surface area contributed by atoms with Crippen molar-refractivity contribution in [3.8, 4) is 0 Å². The minimum atomic E-state index is 0.109. The molecular weight excluding hydrogens is 282 g/mol. The van der Waals surface area contributed by atoms with E-state index >= 15 is 0 Å². The molecule has 0 saturated carbocycles. The maximum absolute atomic E-state index is 8.67. The zero-order valence-electron chi connectivity index (χ0n) is 14.6. The molecule has 7 nitrogen and oxygen atoms in total. The molecule has 0 radical (unpaired) electrons. The molecule has 0 spiro atoms. The SMILES string of the molecule is C/C(=N\O)C(C)NCCCN(C)CCCNC(C)/C(C)=N/O. The van der Waals surface area contributed by atoms with E-state index in [9.17, 15) is 0 Å². The summed E-state index contributed by atoms with van der Waals surface area (Å²) in [4.78, 5) is 2.30. The van der Waals surface area contributed by atoms with Gasteiger partial charge in [-0.15, -0.1) is 0 Å². The highest BCUT2D eigenvalue weighted by molar-refractivity contribution is 5.86. The Morgan fingerprint density at radius 1 is 0.909 bits per heavy atom. The van der Waals surface area contributed by atoms with Gasteiger partial charge in [-0.1, -0.05) is 10.3 Å². The summed E-state index contributed by atoms with van der Waals surface area (Å²) in [6.45, 7) is 11.5. The molecule has 0 aliphatic rings. The van der Waals surface area contributed by atoms with Crippen LogP contribution in [0.1, 0.15) is 40.5 Å². The van der Waals surface area contributed by atoms with E-state index in [1.807, 2.05) is 13.8 Å². The number of hydrogen-bond donors (Lipinski definition) is 4. The monoisotopic (exact) mass is 315 g/mol. The molecule has 0 fully saturated rings. The minimum absolute atomic E-state index is 0.109. The van der Waals surface area contributed by atoms with Gasteiger partial charge in [0.15, 0.2) is 0 Å². The van der Waals surface area contributed by atoms with Crippen molar-refractivity contribution in [2.75, 3.05) is 33.2 Å². The van der Waals surface area contributed by atoms with Crippen molar-refractivity contribution in [1.29, 1.82) is 0 Å². The van der Waals surface area contributed by atoms with Crippen LogP contribution in [0.15, 0.2) is 10.3 Å². The van der Waals surface area contributed by atoms with Gasteiger partial charge in [0.2, 0.25) is 0 Å². The standard InChI is InChI=1S/C15H33N5O2/c1-12(14(3)18-21)16-8-6-10-20(5)11-7-9-17-13(2)15(4)19-22/h12-13,16-17,21-22H,6-11H2,1-5H3/b18-14+,19-15+. The Balaban J connectivity index is 3.61. The summed E-state index contributed by atoms with van der Waals surface area (Å²) in [5.74, 6) is 0. The summed E-state index contributed by atoms with van der Waals surface area (Å²) in [5.41, 5.74) is 1.41. The van der Waals surface area contributed by atoms with Crippen molar-refractivity contribution in [1.82, 2.24) is 15.5 Å². The van der Waals surface area contributed by atoms with Crippen molar-refractivity contribution in [2.45, 2.75) is 52.6 Å². The second-order valence-corrected chi connectivity index (χ2v) is 5.84. The molecule has 22 heavy (non-hydrogen) atoms. The molecule has 4 N–H and O–H groups in total. The molecule has 0 aromatic carbocycles. The highest BCUT2D eigenvalue weighted by Crippen LogP contribution is 1.93. The molecule has 0 aliphatic carbocycles. The lowest BCUT2D eigenvalue weighted by Crippen LogP contribution is -2.36. The lowest BCUT2D eigenvalue weighted by molar-refractivity contribution is 0.310. The van der Waals surface area contributed by atoms with Crippen LogP contribution in [-0.4, -0.2) is 72.0 Å². The maximum Gasteiger partial charge on any atom is 0.0706 e. The second-order valence-electron chi connectivity index (χ2n) is 5.84. The largest absolute Gasteiger partial charge is 0.411 e. The first-order chi connectivity index (χ1) is 10.4. The van der Waals surface area contributed by atoms with Crippen LogP contribution in [0.3, 0.4) is 0 Å². The van der Waals surface area contributed by atoms with Gasteiger partial charge in [-0.3, -0.25) is 0 Å². The van der Waals surface area contributed by atoms with Gasteiger partial charge >= 0.3 is 0 Å². The average molecular weight is 315 g/mol. The second kappa shape index (κ2) is 12.4. The number of hydrogen-bond acceptors (Lipinski definition) is 7. The Bertz CT molecular complexity index is 315. The minimum Gasteiger partial charge on any atom is -0.411 e. The van der Waals surface area contributed by atoms with Crippen LogP contribution in [0.5, 0.6) is 0 Å². The van der Waals surface area contributed by atoms with Gasteiger partial charge in [-0.05, 0) is 73.8 Å². The van der Waals surface area contributed by atoms with Gasteiger partial charge < -0.3 is 25.9 Å². The molecule has 0 amide bonds. The van der Waals surface area contributed by atoms with E-state index in [1.165, 1.54) is 0 Å². The van der Waals surface area contributed by atoms with Crippen LogP contribution in [-0.2, 0) is 0 Å². The molecular formula is C15H33N5O2. The van der Waals surface area contributed by atoms with Gasteiger partial charge in [0.05, 0.1) is 11.4 Å². The predicted octanol–water partition coefficient (Wildman–Crippen LogP) is 1.35. The first kappa shape index (κ1) is 20.8. The molecule has 130 valence electrons. The molecule has 2 unspecified atom stereocenters. The van der Waals surface area contributed by atoms with Crippen molar-refractivity contribution in [3.63, 3.8) is 0 Å². The van der Waals surface area contributed by atoms with Gasteiger partial charge in [0.1, 0.15) is 0 Å². The third kappa shape index (κ3) is 9.70. The zero-order chi connectivity index (χ0) is 17.0. The van der Waals surface area contributed by atoms with Crippen LogP contribution in [0.2, 0.25) is 0 Å². The van der Waals surface area contributed by atoms with E-state index < -0.39 is 0 Å². The maximum atomic E-state index is 8.67. The Hall–Kier alpha value is -1.18. The number of rotatable bonds is 12. The van der Waals surface area contributed by atoms with Gasteiger partial charge in [0, 0.05) is 12.1 Å². The highest BCUT2D eigenvalue weighted by atomic mass is 16.4. The molecule has 0 aromatic rings. The van der Waals surface area contributed by atoms with E-state index in [0.29, 0.717) is 11.4 Å². The third-order valence-electron chi connectivity index (χ3n) is 3.90.